The fraction of sp³-hybridized carbons (Fsp3) is 0.417. The maximum Gasteiger partial charge on any atom is 0.235 e. The zero-order valence-electron chi connectivity index (χ0n) is 9.20. The van der Waals surface area contributed by atoms with Crippen molar-refractivity contribution in [1.82, 2.24) is 0 Å². The van der Waals surface area contributed by atoms with E-state index in [2.05, 4.69) is 56.7 Å². The van der Waals surface area contributed by atoms with Crippen molar-refractivity contribution < 1.29 is 28.6 Å². The third-order valence-electron chi connectivity index (χ3n) is 3.35. The summed E-state index contributed by atoms with van der Waals surface area (Å²) in [7, 11) is 2.14. The molecule has 2 heteroatoms. The molecule has 0 saturated heterocycles. The largest absolute Gasteiger partial charge is 0.235 e. The third-order valence-corrected chi connectivity index (χ3v) is 3.35. The Morgan fingerprint density at radius 1 is 1.14 bits per heavy atom. The molecule has 0 atom stereocenters. The Hall–Kier alpha value is -0.380. The summed E-state index contributed by atoms with van der Waals surface area (Å²) < 4.78 is 2.29. The molecule has 1 nitrogen and oxygen atoms in total. The number of halogens is 1. The molecule has 1 aliphatic rings. The number of rotatable bonds is 0. The molecule has 2 rings (SSSR count). The van der Waals surface area contributed by atoms with E-state index >= 15 is 0 Å². The van der Waals surface area contributed by atoms with E-state index in [1.165, 1.54) is 17.0 Å². The molecule has 1 aromatic rings. The van der Waals surface area contributed by atoms with Gasteiger partial charge in [0.15, 0.2) is 5.71 Å². The van der Waals surface area contributed by atoms with Gasteiger partial charge in [-0.2, -0.15) is 0 Å². The fourth-order valence-corrected chi connectivity index (χ4v) is 2.09. The van der Waals surface area contributed by atoms with Crippen molar-refractivity contribution in [2.45, 2.75) is 26.2 Å². The molecule has 1 aliphatic heterocycles. The van der Waals surface area contributed by atoms with Crippen LogP contribution in [-0.2, 0) is 5.41 Å². The third kappa shape index (κ3) is 1.40. The first-order chi connectivity index (χ1) is 6.05. The average Bonchev–Trinajstić information content (AvgIpc) is 2.30. The van der Waals surface area contributed by atoms with E-state index in [1.54, 1.807) is 0 Å². The van der Waals surface area contributed by atoms with Crippen LogP contribution >= 0.6 is 0 Å². The molecular formula is C12H18IN+2. The van der Waals surface area contributed by atoms with E-state index in [4.69, 9.17) is 0 Å². The fourth-order valence-electron chi connectivity index (χ4n) is 2.09. The van der Waals surface area contributed by atoms with Gasteiger partial charge >= 0.3 is 0 Å². The molecule has 0 unspecified atom stereocenters. The van der Waals surface area contributed by atoms with Crippen molar-refractivity contribution in [3.05, 3.63) is 29.8 Å². The Morgan fingerprint density at radius 2 is 1.71 bits per heavy atom. The first-order valence-electron chi connectivity index (χ1n) is 4.72. The molecule has 1 aromatic carbocycles. The summed E-state index contributed by atoms with van der Waals surface area (Å²) in [4.78, 5) is 0. The first kappa shape index (κ1) is 11.7. The van der Waals surface area contributed by atoms with Gasteiger partial charge in [0.1, 0.15) is 7.05 Å². The van der Waals surface area contributed by atoms with E-state index in [9.17, 15) is 0 Å². The molecule has 0 N–H and O–H groups in total. The minimum absolute atomic E-state index is 0. The molecule has 14 heavy (non-hydrogen) atoms. The number of para-hydroxylation sites is 1. The van der Waals surface area contributed by atoms with Gasteiger partial charge in [0.2, 0.25) is 29.7 Å². The molecule has 0 aromatic heterocycles. The maximum atomic E-state index is 2.29. The molecule has 0 amide bonds. The smallest absolute Gasteiger partial charge is 0.202 e. The highest BCUT2D eigenvalue weighted by Crippen LogP contribution is 2.38. The first-order valence-corrected chi connectivity index (χ1v) is 4.72. The topological polar surface area (TPSA) is 3.01 Å². The minimum atomic E-state index is 0. The van der Waals surface area contributed by atoms with Crippen LogP contribution in [0.5, 0.6) is 0 Å². The van der Waals surface area contributed by atoms with Crippen LogP contribution in [0.25, 0.3) is 0 Å². The monoisotopic (exact) mass is 303 g/mol. The summed E-state index contributed by atoms with van der Waals surface area (Å²) in [6, 6.07) is 8.63. The summed E-state index contributed by atoms with van der Waals surface area (Å²) in [5.74, 6) is 0. The van der Waals surface area contributed by atoms with E-state index in [0.717, 1.165) is 0 Å². The number of nitrogens with zero attached hydrogens (tertiary/aromatic N) is 1. The van der Waals surface area contributed by atoms with Crippen molar-refractivity contribution in [2.75, 3.05) is 7.05 Å². The van der Waals surface area contributed by atoms with E-state index in [-0.39, 0.29) is 29.4 Å². The van der Waals surface area contributed by atoms with Crippen molar-refractivity contribution in [1.29, 1.82) is 0 Å². The molecule has 0 saturated carbocycles. The lowest BCUT2D eigenvalue weighted by molar-refractivity contribution is -0.403. The van der Waals surface area contributed by atoms with Gasteiger partial charge in [0, 0.05) is 18.6 Å². The summed E-state index contributed by atoms with van der Waals surface area (Å²) in [6.45, 7) is 6.77. The van der Waals surface area contributed by atoms with Crippen LogP contribution in [0.15, 0.2) is 24.3 Å². The van der Waals surface area contributed by atoms with E-state index in [0.29, 0.717) is 0 Å². The van der Waals surface area contributed by atoms with Gasteiger partial charge in [-0.25, -0.2) is 4.58 Å². The Kier molecular flexibility index (Phi) is 3.04. The van der Waals surface area contributed by atoms with E-state index in [1.807, 2.05) is 0 Å². The predicted octanol–water partition coefficient (Wildman–Crippen LogP) is -0.819. The molecule has 76 valence electrons. The highest BCUT2D eigenvalue weighted by atomic mass is 127. The van der Waals surface area contributed by atoms with Crippen LogP contribution in [0, 0.1) is 0 Å². The Labute approximate surface area is 103 Å². The van der Waals surface area contributed by atoms with Gasteiger partial charge in [-0.3, -0.25) is 0 Å². The van der Waals surface area contributed by atoms with Gasteiger partial charge in [-0.1, -0.05) is 18.2 Å². The molecule has 0 aliphatic carbocycles. The minimum Gasteiger partial charge on any atom is -0.202 e. The average molecular weight is 303 g/mol. The summed E-state index contributed by atoms with van der Waals surface area (Å²) in [5, 5.41) is 0. The second-order valence-electron chi connectivity index (χ2n) is 4.29. The van der Waals surface area contributed by atoms with Crippen molar-refractivity contribution >= 4 is 11.4 Å². The lowest BCUT2D eigenvalue weighted by Gasteiger charge is -2.14. The molecule has 0 spiro atoms. The van der Waals surface area contributed by atoms with Crippen LogP contribution in [0.3, 0.4) is 0 Å². The Balaban J connectivity index is 0.000000980. The summed E-state index contributed by atoms with van der Waals surface area (Å²) in [5.41, 5.74) is 4.42. The Bertz CT molecular complexity index is 391. The van der Waals surface area contributed by atoms with Gasteiger partial charge in [0.05, 0.1) is 5.41 Å². The zero-order valence-corrected chi connectivity index (χ0v) is 11.8. The lowest BCUT2D eigenvalue weighted by atomic mass is 9.82. The maximum absolute atomic E-state index is 2.29. The number of fused-ring (bicyclic) bond motifs is 1. The van der Waals surface area contributed by atoms with Crippen LogP contribution in [0.1, 0.15) is 26.3 Å². The van der Waals surface area contributed by atoms with Crippen molar-refractivity contribution in [2.24, 2.45) is 0 Å². The van der Waals surface area contributed by atoms with Gasteiger partial charge < -0.3 is 0 Å². The molecule has 0 fully saturated rings. The molecular weight excluding hydrogens is 285 g/mol. The van der Waals surface area contributed by atoms with E-state index < -0.39 is 0 Å². The van der Waals surface area contributed by atoms with Crippen LogP contribution in [0.4, 0.5) is 5.69 Å². The van der Waals surface area contributed by atoms with Gasteiger partial charge in [0.25, 0.3) is 0 Å². The molecule has 0 radical (unpaired) electrons. The van der Waals surface area contributed by atoms with Gasteiger partial charge in [-0.05, 0) is 13.8 Å². The Morgan fingerprint density at radius 3 is 2.29 bits per heavy atom. The second kappa shape index (κ2) is 3.65. The normalized spacial score (nSPS) is 17.7. The second-order valence-corrected chi connectivity index (χ2v) is 4.29. The van der Waals surface area contributed by atoms with Crippen molar-refractivity contribution in [3.63, 3.8) is 0 Å². The van der Waals surface area contributed by atoms with Crippen LogP contribution in [-0.4, -0.2) is 17.3 Å². The summed E-state index contributed by atoms with van der Waals surface area (Å²) >= 11 is 0. The summed E-state index contributed by atoms with van der Waals surface area (Å²) in [6.07, 6.45) is 0. The zero-order chi connectivity index (χ0) is 9.64. The lowest BCUT2D eigenvalue weighted by Crippen LogP contribution is -3.00. The number of benzene rings is 1. The quantitative estimate of drug-likeness (QED) is 0.435. The predicted molar refractivity (Wildman–Crippen MR) is 58.8 cm³/mol. The highest BCUT2D eigenvalue weighted by molar-refractivity contribution is 5.93. The molecule has 1 heterocycles. The van der Waals surface area contributed by atoms with Crippen LogP contribution < -0.4 is 24.0 Å². The van der Waals surface area contributed by atoms with Crippen molar-refractivity contribution in [3.8, 4) is 0 Å². The number of hydrogen-bond donors (Lipinski definition) is 0. The SMILES string of the molecule is CC1=[N+](C)c2ccccc2C1(C)C.[IH2+]. The number of hydrogen-bond acceptors (Lipinski definition) is 0. The van der Waals surface area contributed by atoms with Crippen LogP contribution in [0.2, 0.25) is 0 Å². The molecule has 0 bridgehead atoms. The highest BCUT2D eigenvalue weighted by Gasteiger charge is 2.40. The standard InChI is InChI=1S/C12H16N.H2I/c1-9-12(2,3)10-7-5-6-8-11(10)13(9)4;/h5-8H,1-4H3;1H2/q2*+1. The van der Waals surface area contributed by atoms with Gasteiger partial charge in [-0.15, -0.1) is 0 Å².